The van der Waals surface area contributed by atoms with Gasteiger partial charge >= 0.3 is 0 Å². The third kappa shape index (κ3) is 4.48. The first-order chi connectivity index (χ1) is 12.0. The molecule has 1 N–H and O–H groups in total. The topological polar surface area (TPSA) is 71.3 Å². The number of carbonyl (C=O) groups excluding carboxylic acids is 1. The van der Waals surface area contributed by atoms with Gasteiger partial charge in [-0.2, -0.15) is 4.98 Å². The van der Waals surface area contributed by atoms with Gasteiger partial charge < -0.3 is 9.84 Å². The van der Waals surface area contributed by atoms with E-state index < -0.39 is 0 Å². The summed E-state index contributed by atoms with van der Waals surface area (Å²) in [5.41, 5.74) is 2.43. The summed E-state index contributed by atoms with van der Waals surface area (Å²) in [5.74, 6) is 1.28. The Morgan fingerprint density at radius 3 is 2.72 bits per heavy atom. The van der Waals surface area contributed by atoms with Crippen molar-refractivity contribution < 1.29 is 9.32 Å². The molecule has 6 heteroatoms. The number of hydrogen-bond acceptors (Lipinski definition) is 5. The lowest BCUT2D eigenvalue weighted by Gasteiger charge is -2.33. The quantitative estimate of drug-likeness (QED) is 0.829. The number of aromatic nitrogens is 2. The highest BCUT2D eigenvalue weighted by Gasteiger charge is 2.36. The molecule has 3 rings (SSSR count). The van der Waals surface area contributed by atoms with Crippen LogP contribution in [0.25, 0.3) is 0 Å². The minimum atomic E-state index is -0.333. The number of piperidine rings is 1. The molecule has 1 atom stereocenters. The van der Waals surface area contributed by atoms with Crippen molar-refractivity contribution >= 4 is 5.91 Å². The average Bonchev–Trinajstić information content (AvgIpc) is 3.04. The number of nitrogens with one attached hydrogen (secondary N) is 1. The number of amides is 1. The van der Waals surface area contributed by atoms with Gasteiger partial charge in [-0.05, 0) is 59.0 Å². The summed E-state index contributed by atoms with van der Waals surface area (Å²) in [5, 5.41) is 7.04. The van der Waals surface area contributed by atoms with Crippen LogP contribution < -0.4 is 5.32 Å². The molecule has 1 aromatic heterocycles. The van der Waals surface area contributed by atoms with Crippen LogP contribution in [0.1, 0.15) is 71.0 Å². The molecule has 0 saturated carbocycles. The van der Waals surface area contributed by atoms with E-state index in [2.05, 4.69) is 34.2 Å². The maximum Gasteiger partial charge on any atom is 0.246 e. The molecule has 0 spiro atoms. The van der Waals surface area contributed by atoms with Gasteiger partial charge in [-0.3, -0.25) is 9.69 Å². The summed E-state index contributed by atoms with van der Waals surface area (Å²) in [7, 11) is 0. The van der Waals surface area contributed by atoms with Gasteiger partial charge in [0.1, 0.15) is 0 Å². The summed E-state index contributed by atoms with van der Waals surface area (Å²) < 4.78 is 5.30. The Bertz CT molecular complexity index is 646. The fourth-order valence-corrected chi connectivity index (χ4v) is 3.81. The summed E-state index contributed by atoms with van der Waals surface area (Å²) >= 11 is 0. The molecule has 1 aliphatic heterocycles. The van der Waals surface area contributed by atoms with Gasteiger partial charge in [0.2, 0.25) is 11.8 Å². The van der Waals surface area contributed by atoms with Crippen molar-refractivity contribution in [2.24, 2.45) is 5.41 Å². The minimum Gasteiger partial charge on any atom is -0.347 e. The molecule has 138 valence electrons. The van der Waals surface area contributed by atoms with Crippen LogP contribution >= 0.6 is 0 Å². The Kier molecular flexibility index (Phi) is 5.57. The first-order valence-corrected chi connectivity index (χ1v) is 9.44. The minimum absolute atomic E-state index is 0.0788. The molecule has 1 aliphatic carbocycles. The van der Waals surface area contributed by atoms with E-state index in [1.807, 2.05) is 6.92 Å². The van der Waals surface area contributed by atoms with Crippen molar-refractivity contribution in [1.29, 1.82) is 0 Å². The predicted molar refractivity (Wildman–Crippen MR) is 95.6 cm³/mol. The SMILES string of the molecule is CC1=C(C)CC(C)(C(=O)NCc2nc(CN3CCCCC3)no2)CC1. The summed E-state index contributed by atoms with van der Waals surface area (Å²) in [6.07, 6.45) is 6.52. The molecule has 1 unspecified atom stereocenters. The van der Waals surface area contributed by atoms with Gasteiger partial charge in [0.25, 0.3) is 0 Å². The third-order valence-electron chi connectivity index (χ3n) is 5.71. The Morgan fingerprint density at radius 1 is 1.24 bits per heavy atom. The predicted octanol–water partition coefficient (Wildman–Crippen LogP) is 3.20. The Morgan fingerprint density at radius 2 is 2.00 bits per heavy atom. The van der Waals surface area contributed by atoms with Gasteiger partial charge in [0.15, 0.2) is 5.82 Å². The van der Waals surface area contributed by atoms with Crippen LogP contribution in [-0.4, -0.2) is 34.0 Å². The van der Waals surface area contributed by atoms with Gasteiger partial charge in [-0.1, -0.05) is 29.6 Å². The molecule has 1 amide bonds. The van der Waals surface area contributed by atoms with Crippen LogP contribution in [0.15, 0.2) is 15.7 Å². The molecular weight excluding hydrogens is 316 g/mol. The molecular formula is C19H30N4O2. The van der Waals surface area contributed by atoms with Crippen LogP contribution in [-0.2, 0) is 17.9 Å². The molecule has 1 saturated heterocycles. The van der Waals surface area contributed by atoms with E-state index in [1.54, 1.807) is 0 Å². The van der Waals surface area contributed by atoms with E-state index in [9.17, 15) is 4.79 Å². The number of rotatable bonds is 5. The van der Waals surface area contributed by atoms with E-state index in [-0.39, 0.29) is 11.3 Å². The van der Waals surface area contributed by atoms with Crippen molar-refractivity contribution in [1.82, 2.24) is 20.4 Å². The number of carbonyl (C=O) groups is 1. The van der Waals surface area contributed by atoms with E-state index in [0.29, 0.717) is 18.3 Å². The van der Waals surface area contributed by atoms with Gasteiger partial charge in [0, 0.05) is 0 Å². The standard InChI is InChI=1S/C19H30N4O2/c1-14-7-8-19(3,11-15(14)2)18(24)20-12-17-21-16(22-25-17)13-23-9-5-4-6-10-23/h4-13H2,1-3H3,(H,20,24). The van der Waals surface area contributed by atoms with Crippen molar-refractivity contribution in [3.05, 3.63) is 22.9 Å². The molecule has 1 aromatic rings. The van der Waals surface area contributed by atoms with E-state index in [0.717, 1.165) is 38.9 Å². The van der Waals surface area contributed by atoms with Gasteiger partial charge in [-0.15, -0.1) is 0 Å². The lowest BCUT2D eigenvalue weighted by molar-refractivity contribution is -0.131. The molecule has 1 fully saturated rings. The van der Waals surface area contributed by atoms with Crippen molar-refractivity contribution in [3.63, 3.8) is 0 Å². The normalized spacial score (nSPS) is 25.2. The second-order valence-electron chi connectivity index (χ2n) is 7.92. The zero-order valence-electron chi connectivity index (χ0n) is 15.7. The monoisotopic (exact) mass is 346 g/mol. The van der Waals surface area contributed by atoms with Crippen molar-refractivity contribution in [3.8, 4) is 0 Å². The number of hydrogen-bond donors (Lipinski definition) is 1. The van der Waals surface area contributed by atoms with Crippen LogP contribution in [0.3, 0.4) is 0 Å². The van der Waals surface area contributed by atoms with Crippen LogP contribution in [0.4, 0.5) is 0 Å². The fraction of sp³-hybridized carbons (Fsp3) is 0.737. The summed E-state index contributed by atoms with van der Waals surface area (Å²) in [6, 6.07) is 0. The number of likely N-dealkylation sites (tertiary alicyclic amines) is 1. The third-order valence-corrected chi connectivity index (χ3v) is 5.71. The highest BCUT2D eigenvalue weighted by atomic mass is 16.5. The molecule has 2 heterocycles. The summed E-state index contributed by atoms with van der Waals surface area (Å²) in [6.45, 7) is 9.59. The van der Waals surface area contributed by atoms with Crippen molar-refractivity contribution in [2.45, 2.75) is 72.4 Å². The van der Waals surface area contributed by atoms with Gasteiger partial charge in [0.05, 0.1) is 18.5 Å². The van der Waals surface area contributed by atoms with Crippen molar-refractivity contribution in [2.75, 3.05) is 13.1 Å². The van der Waals surface area contributed by atoms with E-state index in [4.69, 9.17) is 4.52 Å². The number of allylic oxidation sites excluding steroid dienone is 2. The molecule has 6 nitrogen and oxygen atoms in total. The Balaban J connectivity index is 1.51. The maximum absolute atomic E-state index is 12.6. The molecule has 0 aromatic carbocycles. The first kappa shape index (κ1) is 18.1. The van der Waals surface area contributed by atoms with Crippen LogP contribution in [0.5, 0.6) is 0 Å². The molecule has 0 radical (unpaired) electrons. The second kappa shape index (κ2) is 7.68. The van der Waals surface area contributed by atoms with Gasteiger partial charge in [-0.25, -0.2) is 0 Å². The van der Waals surface area contributed by atoms with Crippen LogP contribution in [0, 0.1) is 5.41 Å². The first-order valence-electron chi connectivity index (χ1n) is 9.44. The lowest BCUT2D eigenvalue weighted by Crippen LogP contribution is -2.40. The molecule has 25 heavy (non-hydrogen) atoms. The Labute approximate surface area is 150 Å². The maximum atomic E-state index is 12.6. The largest absolute Gasteiger partial charge is 0.347 e. The van der Waals surface area contributed by atoms with E-state index >= 15 is 0 Å². The van der Waals surface area contributed by atoms with Crippen LogP contribution in [0.2, 0.25) is 0 Å². The summed E-state index contributed by atoms with van der Waals surface area (Å²) in [4.78, 5) is 19.4. The highest BCUT2D eigenvalue weighted by Crippen LogP contribution is 2.39. The fourth-order valence-electron chi connectivity index (χ4n) is 3.81. The molecule has 0 bridgehead atoms. The number of nitrogens with zero attached hydrogens (tertiary/aromatic N) is 3. The van der Waals surface area contributed by atoms with E-state index in [1.165, 1.54) is 30.4 Å². The second-order valence-corrected chi connectivity index (χ2v) is 7.92. The molecule has 2 aliphatic rings. The Hall–Kier alpha value is -1.69. The average molecular weight is 346 g/mol. The smallest absolute Gasteiger partial charge is 0.246 e. The lowest BCUT2D eigenvalue weighted by atomic mass is 9.73. The zero-order valence-corrected chi connectivity index (χ0v) is 15.7. The zero-order chi connectivity index (χ0) is 17.9. The highest BCUT2D eigenvalue weighted by molar-refractivity contribution is 5.82.